The first-order chi connectivity index (χ1) is 15.9. The second-order valence-corrected chi connectivity index (χ2v) is 8.15. The number of carbonyl (C=O) groups excluding carboxylic acids is 2. The molecule has 4 aromatic rings. The Labute approximate surface area is 192 Å². The zero-order chi connectivity index (χ0) is 23.4. The van der Waals surface area contributed by atoms with Crippen molar-refractivity contribution in [3.05, 3.63) is 71.0 Å². The van der Waals surface area contributed by atoms with Gasteiger partial charge in [0.2, 0.25) is 5.91 Å². The molecule has 0 aliphatic carbocycles. The van der Waals surface area contributed by atoms with Gasteiger partial charge in [-0.1, -0.05) is 41.6 Å². The van der Waals surface area contributed by atoms with Gasteiger partial charge in [0.1, 0.15) is 23.7 Å². The number of carbonyl (C=O) groups is 2. The number of aryl methyl sites for hydroxylation is 1. The van der Waals surface area contributed by atoms with Crippen molar-refractivity contribution in [2.75, 3.05) is 17.2 Å². The van der Waals surface area contributed by atoms with E-state index in [9.17, 15) is 14.0 Å². The summed E-state index contributed by atoms with van der Waals surface area (Å²) in [6, 6.07) is 16.0. The van der Waals surface area contributed by atoms with Gasteiger partial charge < -0.3 is 14.0 Å². The number of rotatable bonds is 7. The Kier molecular flexibility index (Phi) is 6.55. The quantitative estimate of drug-likeness (QED) is 0.362. The molecule has 0 bridgehead atoms. The van der Waals surface area contributed by atoms with Crippen molar-refractivity contribution in [3.63, 3.8) is 0 Å². The maximum absolute atomic E-state index is 13.8. The number of halogens is 1. The molecule has 2 aromatic heterocycles. The lowest BCUT2D eigenvalue weighted by Gasteiger charge is -2.20. The normalized spacial score (nSPS) is 11.7. The maximum Gasteiger partial charge on any atom is 0.411 e. The molecule has 0 aliphatic heterocycles. The van der Waals surface area contributed by atoms with Gasteiger partial charge in [-0.25, -0.2) is 4.79 Å². The highest BCUT2D eigenvalue weighted by Gasteiger charge is 2.21. The van der Waals surface area contributed by atoms with Crippen LogP contribution in [0.25, 0.3) is 10.1 Å². The van der Waals surface area contributed by atoms with E-state index in [1.165, 1.54) is 13.0 Å². The molecule has 1 atom stereocenters. The number of fused-ring (bicyclic) bond motifs is 1. The number of anilines is 2. The fourth-order valence-electron chi connectivity index (χ4n) is 3.18. The largest absolute Gasteiger partial charge is 0.481 e. The van der Waals surface area contributed by atoms with Crippen LogP contribution in [0.2, 0.25) is 0 Å². The molecule has 0 saturated heterocycles. The summed E-state index contributed by atoms with van der Waals surface area (Å²) in [4.78, 5) is 23.8. The van der Waals surface area contributed by atoms with Gasteiger partial charge in [-0.05, 0) is 30.7 Å². The molecule has 2 amide bonds. The summed E-state index contributed by atoms with van der Waals surface area (Å²) in [5.74, 6) is 0.117. The summed E-state index contributed by atoms with van der Waals surface area (Å²) in [6.45, 7) is 2.79. The topological polar surface area (TPSA) is 103 Å². The molecule has 2 aromatic carbocycles. The zero-order valence-electron chi connectivity index (χ0n) is 17.8. The first-order valence-electron chi connectivity index (χ1n) is 9.98. The number of benzene rings is 2. The van der Waals surface area contributed by atoms with Crippen molar-refractivity contribution < 1.29 is 28.0 Å². The molecule has 0 spiro atoms. The molecule has 0 fully saturated rings. The minimum absolute atomic E-state index is 0.0129. The molecule has 0 aliphatic rings. The van der Waals surface area contributed by atoms with Crippen molar-refractivity contribution in [3.8, 4) is 5.75 Å². The number of aromatic nitrogens is 1. The van der Waals surface area contributed by atoms with Gasteiger partial charge in [0.25, 0.3) is 5.88 Å². The van der Waals surface area contributed by atoms with Crippen molar-refractivity contribution in [2.24, 2.45) is 0 Å². The van der Waals surface area contributed by atoms with Gasteiger partial charge in [-0.2, -0.15) is 4.39 Å². The van der Waals surface area contributed by atoms with Crippen LogP contribution in [0.15, 0.2) is 59.1 Å². The minimum Gasteiger partial charge on any atom is -0.481 e. The van der Waals surface area contributed by atoms with Crippen molar-refractivity contribution >= 4 is 45.0 Å². The lowest BCUT2D eigenvalue weighted by molar-refractivity contribution is -0.114. The Morgan fingerprint density at radius 3 is 2.70 bits per heavy atom. The number of ether oxygens (including phenoxy) is 2. The molecule has 33 heavy (non-hydrogen) atoms. The second-order valence-electron chi connectivity index (χ2n) is 7.11. The molecule has 0 saturated carbocycles. The monoisotopic (exact) mass is 469 g/mol. The van der Waals surface area contributed by atoms with Crippen LogP contribution < -0.4 is 15.4 Å². The van der Waals surface area contributed by atoms with Gasteiger partial charge in [0.15, 0.2) is 11.2 Å². The van der Waals surface area contributed by atoms with Crippen molar-refractivity contribution in [2.45, 2.75) is 20.0 Å². The molecule has 170 valence electrons. The van der Waals surface area contributed by atoms with Crippen LogP contribution in [0.3, 0.4) is 0 Å². The second kappa shape index (κ2) is 9.70. The molecule has 2 heterocycles. The number of hydrogen-bond acceptors (Lipinski definition) is 7. The van der Waals surface area contributed by atoms with Gasteiger partial charge in [0.05, 0.1) is 0 Å². The standard InChI is InChI=1S/C23H20FN3O5S/c1-13-21(22(32-27-13)25-14(2)28)26-23(29)30-12-18(15-7-4-3-5-8-15)31-17-9-6-10-19-16(17)11-20(24)33-19/h3-11,18H,12H2,1-2H3,(H,25,28)(H,26,29). The highest BCUT2D eigenvalue weighted by molar-refractivity contribution is 7.17. The van der Waals surface area contributed by atoms with E-state index in [0.29, 0.717) is 16.8 Å². The van der Waals surface area contributed by atoms with Crippen LogP contribution >= 0.6 is 11.3 Å². The molecule has 0 radical (unpaired) electrons. The molecule has 10 heteroatoms. The number of hydrogen-bond donors (Lipinski definition) is 2. The van der Waals surface area contributed by atoms with Crippen LogP contribution in [0.4, 0.5) is 20.8 Å². The smallest absolute Gasteiger partial charge is 0.411 e. The Hall–Kier alpha value is -3.92. The van der Waals surface area contributed by atoms with Crippen LogP contribution in [0, 0.1) is 12.1 Å². The SMILES string of the molecule is CC(=O)Nc1onc(C)c1NC(=O)OCC(Oc1cccc2sc(F)cc12)c1ccccc1. The lowest BCUT2D eigenvalue weighted by Crippen LogP contribution is -2.22. The van der Waals surface area contributed by atoms with E-state index >= 15 is 0 Å². The maximum atomic E-state index is 13.8. The number of nitrogens with one attached hydrogen (secondary N) is 2. The van der Waals surface area contributed by atoms with E-state index in [1.807, 2.05) is 36.4 Å². The highest BCUT2D eigenvalue weighted by Crippen LogP contribution is 2.34. The van der Waals surface area contributed by atoms with Gasteiger partial charge >= 0.3 is 6.09 Å². The number of thiophene rings is 1. The third kappa shape index (κ3) is 5.29. The van der Waals surface area contributed by atoms with Crippen LogP contribution in [0.1, 0.15) is 24.3 Å². The highest BCUT2D eigenvalue weighted by atomic mass is 32.1. The van der Waals surface area contributed by atoms with E-state index in [2.05, 4.69) is 15.8 Å². The molecular formula is C23H20FN3O5S. The Morgan fingerprint density at radius 1 is 1.15 bits per heavy atom. The van der Waals surface area contributed by atoms with E-state index < -0.39 is 12.2 Å². The van der Waals surface area contributed by atoms with E-state index in [-0.39, 0.29) is 29.2 Å². The third-order valence-electron chi connectivity index (χ3n) is 4.68. The molecule has 4 rings (SSSR count). The predicted octanol–water partition coefficient (Wildman–Crippen LogP) is 5.66. The molecule has 8 nitrogen and oxygen atoms in total. The first-order valence-corrected chi connectivity index (χ1v) is 10.8. The summed E-state index contributed by atoms with van der Waals surface area (Å²) in [6.07, 6.45) is -1.43. The van der Waals surface area contributed by atoms with Gasteiger partial charge in [-0.15, -0.1) is 11.3 Å². The summed E-state index contributed by atoms with van der Waals surface area (Å²) in [7, 11) is 0. The average molecular weight is 469 g/mol. The Balaban J connectivity index is 1.50. The van der Waals surface area contributed by atoms with Crippen LogP contribution in [0.5, 0.6) is 5.75 Å². The fraction of sp³-hybridized carbons (Fsp3) is 0.174. The predicted molar refractivity (Wildman–Crippen MR) is 122 cm³/mol. The molecular weight excluding hydrogens is 449 g/mol. The molecule has 2 N–H and O–H groups in total. The minimum atomic E-state index is -0.780. The Bertz CT molecular complexity index is 1290. The van der Waals surface area contributed by atoms with Crippen molar-refractivity contribution in [1.29, 1.82) is 0 Å². The third-order valence-corrected chi connectivity index (χ3v) is 5.57. The summed E-state index contributed by atoms with van der Waals surface area (Å²) < 4.78 is 31.1. The number of amides is 2. The van der Waals surface area contributed by atoms with E-state index in [4.69, 9.17) is 14.0 Å². The fourth-order valence-corrected chi connectivity index (χ4v) is 3.98. The summed E-state index contributed by atoms with van der Waals surface area (Å²) >= 11 is 1.03. The average Bonchev–Trinajstić information content (AvgIpc) is 3.34. The summed E-state index contributed by atoms with van der Waals surface area (Å²) in [5.41, 5.74) is 1.35. The van der Waals surface area contributed by atoms with Crippen LogP contribution in [-0.4, -0.2) is 23.8 Å². The van der Waals surface area contributed by atoms with E-state index in [0.717, 1.165) is 21.6 Å². The van der Waals surface area contributed by atoms with Gasteiger partial charge in [-0.3, -0.25) is 15.4 Å². The number of nitrogens with zero attached hydrogens (tertiary/aromatic N) is 1. The lowest BCUT2D eigenvalue weighted by atomic mass is 10.1. The first kappa shape index (κ1) is 22.3. The van der Waals surface area contributed by atoms with Crippen LogP contribution in [-0.2, 0) is 9.53 Å². The molecule has 1 unspecified atom stereocenters. The van der Waals surface area contributed by atoms with E-state index in [1.54, 1.807) is 19.1 Å². The Morgan fingerprint density at radius 2 is 1.94 bits per heavy atom. The van der Waals surface area contributed by atoms with Crippen molar-refractivity contribution in [1.82, 2.24) is 5.16 Å². The van der Waals surface area contributed by atoms with Gasteiger partial charge in [0, 0.05) is 17.0 Å². The zero-order valence-corrected chi connectivity index (χ0v) is 18.6. The summed E-state index contributed by atoms with van der Waals surface area (Å²) in [5, 5.41) is 9.05.